The van der Waals surface area contributed by atoms with Crippen LogP contribution in [-0.2, 0) is 6.54 Å². The van der Waals surface area contributed by atoms with Gasteiger partial charge in [-0.1, -0.05) is 6.92 Å². The Hall–Kier alpha value is -2.11. The Morgan fingerprint density at radius 1 is 1.05 bits per heavy atom. The molecular formula is C15H25N3O3. The number of aliphatic imine (C=N–C) groups is 1. The van der Waals surface area contributed by atoms with E-state index in [0.29, 0.717) is 23.8 Å². The number of nitrogens with one attached hydrogen (secondary N) is 2. The molecule has 0 radical (unpaired) electrons. The van der Waals surface area contributed by atoms with Gasteiger partial charge in [0.25, 0.3) is 0 Å². The number of nitrogens with zero attached hydrogens (tertiary/aromatic N) is 1. The zero-order valence-electron chi connectivity index (χ0n) is 13.4. The number of hydrogen-bond donors (Lipinski definition) is 2. The van der Waals surface area contributed by atoms with Crippen LogP contribution in [0.2, 0.25) is 0 Å². The summed E-state index contributed by atoms with van der Waals surface area (Å²) in [5, 5.41) is 6.47. The van der Waals surface area contributed by atoms with Gasteiger partial charge in [-0.3, -0.25) is 4.99 Å². The van der Waals surface area contributed by atoms with Crippen LogP contribution in [0.5, 0.6) is 17.2 Å². The lowest BCUT2D eigenvalue weighted by Gasteiger charge is -2.15. The summed E-state index contributed by atoms with van der Waals surface area (Å²) >= 11 is 0. The summed E-state index contributed by atoms with van der Waals surface area (Å²) in [5.41, 5.74) is 1.02. The zero-order valence-corrected chi connectivity index (χ0v) is 13.4. The number of guanidine groups is 1. The first-order valence-electron chi connectivity index (χ1n) is 6.93. The van der Waals surface area contributed by atoms with Crippen LogP contribution in [0.25, 0.3) is 0 Å². The standard InChI is InChI=1S/C15H25N3O3/c1-6-7-17-15(16-2)18-10-11-8-12(19-3)14(21-5)13(9-11)20-4/h8-9H,6-7,10H2,1-5H3,(H2,16,17,18). The molecule has 2 N–H and O–H groups in total. The number of methoxy groups -OCH3 is 3. The predicted octanol–water partition coefficient (Wildman–Crippen LogP) is 1.79. The van der Waals surface area contributed by atoms with E-state index in [9.17, 15) is 0 Å². The molecule has 6 nitrogen and oxygen atoms in total. The first-order chi connectivity index (χ1) is 10.2. The van der Waals surface area contributed by atoms with Gasteiger partial charge in [-0.15, -0.1) is 0 Å². The van der Waals surface area contributed by atoms with Gasteiger partial charge in [0.15, 0.2) is 17.5 Å². The fraction of sp³-hybridized carbons (Fsp3) is 0.533. The van der Waals surface area contributed by atoms with Gasteiger partial charge < -0.3 is 24.8 Å². The van der Waals surface area contributed by atoms with Gasteiger partial charge in [0.2, 0.25) is 5.75 Å². The molecule has 0 saturated carbocycles. The van der Waals surface area contributed by atoms with Crippen molar-refractivity contribution >= 4 is 5.96 Å². The van der Waals surface area contributed by atoms with Crippen molar-refractivity contribution in [1.82, 2.24) is 10.6 Å². The minimum atomic E-state index is 0.595. The minimum absolute atomic E-state index is 0.595. The van der Waals surface area contributed by atoms with E-state index in [0.717, 1.165) is 24.5 Å². The van der Waals surface area contributed by atoms with E-state index in [2.05, 4.69) is 22.5 Å². The Labute approximate surface area is 126 Å². The number of rotatable bonds is 7. The Kier molecular flexibility index (Phi) is 7.21. The van der Waals surface area contributed by atoms with Crippen LogP contribution in [0, 0.1) is 0 Å². The molecule has 0 aliphatic rings. The fourth-order valence-electron chi connectivity index (χ4n) is 1.89. The summed E-state index contributed by atoms with van der Waals surface area (Å²) < 4.78 is 16.0. The Morgan fingerprint density at radius 2 is 1.67 bits per heavy atom. The second-order valence-electron chi connectivity index (χ2n) is 4.39. The molecule has 0 spiro atoms. The van der Waals surface area contributed by atoms with Gasteiger partial charge in [-0.25, -0.2) is 0 Å². The van der Waals surface area contributed by atoms with Gasteiger partial charge in [0, 0.05) is 20.1 Å². The van der Waals surface area contributed by atoms with Crippen LogP contribution in [0.4, 0.5) is 0 Å². The second kappa shape index (κ2) is 8.94. The smallest absolute Gasteiger partial charge is 0.203 e. The highest BCUT2D eigenvalue weighted by Gasteiger charge is 2.13. The summed E-state index contributed by atoms with van der Waals surface area (Å²) in [6.07, 6.45) is 1.05. The lowest BCUT2D eigenvalue weighted by Crippen LogP contribution is -2.37. The fourth-order valence-corrected chi connectivity index (χ4v) is 1.89. The molecule has 0 atom stereocenters. The van der Waals surface area contributed by atoms with Crippen LogP contribution in [0.3, 0.4) is 0 Å². The lowest BCUT2D eigenvalue weighted by molar-refractivity contribution is 0.323. The van der Waals surface area contributed by atoms with Crippen LogP contribution < -0.4 is 24.8 Å². The molecule has 21 heavy (non-hydrogen) atoms. The first kappa shape index (κ1) is 16.9. The maximum absolute atomic E-state index is 5.34. The van der Waals surface area contributed by atoms with E-state index in [1.54, 1.807) is 28.4 Å². The van der Waals surface area contributed by atoms with Crippen molar-refractivity contribution in [2.45, 2.75) is 19.9 Å². The maximum Gasteiger partial charge on any atom is 0.203 e. The second-order valence-corrected chi connectivity index (χ2v) is 4.39. The summed E-state index contributed by atoms with van der Waals surface area (Å²) in [4.78, 5) is 4.17. The maximum atomic E-state index is 5.34. The van der Waals surface area contributed by atoms with E-state index in [4.69, 9.17) is 14.2 Å². The van der Waals surface area contributed by atoms with Crippen LogP contribution in [0.1, 0.15) is 18.9 Å². The highest BCUT2D eigenvalue weighted by molar-refractivity contribution is 5.79. The Bertz CT molecular complexity index is 450. The topological polar surface area (TPSA) is 64.1 Å². The van der Waals surface area contributed by atoms with Gasteiger partial charge >= 0.3 is 0 Å². The van der Waals surface area contributed by atoms with E-state index < -0.39 is 0 Å². The molecule has 0 unspecified atom stereocenters. The Balaban J connectivity index is 2.84. The molecule has 0 aromatic heterocycles. The molecule has 1 aromatic rings. The Morgan fingerprint density at radius 3 is 2.10 bits per heavy atom. The predicted molar refractivity (Wildman–Crippen MR) is 84.6 cm³/mol. The van der Waals surface area contributed by atoms with Crippen LogP contribution in [0.15, 0.2) is 17.1 Å². The number of ether oxygens (including phenoxy) is 3. The normalized spacial score (nSPS) is 11.0. The average molecular weight is 295 g/mol. The van der Waals surface area contributed by atoms with E-state index in [1.165, 1.54) is 0 Å². The quantitative estimate of drug-likeness (QED) is 0.593. The molecule has 1 aromatic carbocycles. The third-order valence-corrected chi connectivity index (χ3v) is 2.95. The molecule has 0 saturated heterocycles. The van der Waals surface area contributed by atoms with Crippen molar-refractivity contribution in [2.75, 3.05) is 34.9 Å². The van der Waals surface area contributed by atoms with Crippen molar-refractivity contribution in [3.63, 3.8) is 0 Å². The largest absolute Gasteiger partial charge is 0.493 e. The van der Waals surface area contributed by atoms with Crippen LogP contribution >= 0.6 is 0 Å². The molecule has 0 heterocycles. The highest BCUT2D eigenvalue weighted by atomic mass is 16.5. The van der Waals surface area contributed by atoms with E-state index in [1.807, 2.05) is 12.1 Å². The van der Waals surface area contributed by atoms with Crippen molar-refractivity contribution in [3.8, 4) is 17.2 Å². The zero-order chi connectivity index (χ0) is 15.7. The summed E-state index contributed by atoms with van der Waals surface area (Å²) in [7, 11) is 6.56. The third-order valence-electron chi connectivity index (χ3n) is 2.95. The lowest BCUT2D eigenvalue weighted by atomic mass is 10.2. The first-order valence-corrected chi connectivity index (χ1v) is 6.93. The van der Waals surface area contributed by atoms with Gasteiger partial charge in [-0.05, 0) is 24.1 Å². The molecular weight excluding hydrogens is 270 g/mol. The van der Waals surface area contributed by atoms with Crippen molar-refractivity contribution in [2.24, 2.45) is 4.99 Å². The molecule has 1 rings (SSSR count). The molecule has 0 fully saturated rings. The molecule has 0 bridgehead atoms. The SMILES string of the molecule is CCCNC(=NC)NCc1cc(OC)c(OC)c(OC)c1. The highest BCUT2D eigenvalue weighted by Crippen LogP contribution is 2.38. The van der Waals surface area contributed by atoms with Gasteiger partial charge in [0.05, 0.1) is 21.3 Å². The molecule has 6 heteroatoms. The molecule has 0 amide bonds. The van der Waals surface area contributed by atoms with E-state index >= 15 is 0 Å². The average Bonchev–Trinajstić information content (AvgIpc) is 2.53. The van der Waals surface area contributed by atoms with Crippen molar-refractivity contribution in [1.29, 1.82) is 0 Å². The molecule has 0 aliphatic carbocycles. The number of benzene rings is 1. The van der Waals surface area contributed by atoms with E-state index in [-0.39, 0.29) is 0 Å². The van der Waals surface area contributed by atoms with Crippen molar-refractivity contribution < 1.29 is 14.2 Å². The molecule has 0 aliphatic heterocycles. The number of hydrogen-bond acceptors (Lipinski definition) is 4. The molecule has 118 valence electrons. The third kappa shape index (κ3) is 4.73. The summed E-state index contributed by atoms with van der Waals surface area (Å²) in [5.74, 6) is 2.65. The van der Waals surface area contributed by atoms with Gasteiger partial charge in [-0.2, -0.15) is 0 Å². The monoisotopic (exact) mass is 295 g/mol. The van der Waals surface area contributed by atoms with Crippen LogP contribution in [-0.4, -0.2) is 40.9 Å². The van der Waals surface area contributed by atoms with Gasteiger partial charge in [0.1, 0.15) is 0 Å². The summed E-state index contributed by atoms with van der Waals surface area (Å²) in [6, 6.07) is 3.84. The van der Waals surface area contributed by atoms with Crippen molar-refractivity contribution in [3.05, 3.63) is 17.7 Å². The summed E-state index contributed by atoms with van der Waals surface area (Å²) in [6.45, 7) is 3.61. The minimum Gasteiger partial charge on any atom is -0.493 e.